The van der Waals surface area contributed by atoms with Gasteiger partial charge in [0, 0.05) is 13.1 Å². The van der Waals surface area contributed by atoms with Crippen molar-refractivity contribution in [3.8, 4) is 0 Å². The van der Waals surface area contributed by atoms with Gasteiger partial charge in [0.25, 0.3) is 0 Å². The van der Waals surface area contributed by atoms with Crippen molar-refractivity contribution in [3.05, 3.63) is 0 Å². The van der Waals surface area contributed by atoms with Crippen LogP contribution in [-0.2, 0) is 4.79 Å². The first-order valence-electron chi connectivity index (χ1n) is 4.20. The van der Waals surface area contributed by atoms with Crippen LogP contribution in [0.4, 0.5) is 0 Å². The highest BCUT2D eigenvalue weighted by Gasteiger charge is 2.47. The van der Waals surface area contributed by atoms with Gasteiger partial charge in [-0.25, -0.2) is 0 Å². The number of nitrogens with zero attached hydrogens (tertiary/aromatic N) is 1. The molecule has 0 saturated carbocycles. The maximum Gasteiger partial charge on any atom is 0.229 e. The van der Waals surface area contributed by atoms with Crippen molar-refractivity contribution in [2.24, 2.45) is 5.41 Å². The summed E-state index contributed by atoms with van der Waals surface area (Å²) in [5.74, 6) is 0.268. The summed E-state index contributed by atoms with van der Waals surface area (Å²) in [7, 11) is 2.09. The van der Waals surface area contributed by atoms with Crippen LogP contribution in [0.3, 0.4) is 0 Å². The third-order valence-corrected chi connectivity index (χ3v) is 2.84. The molecule has 1 atom stereocenters. The van der Waals surface area contributed by atoms with E-state index in [9.17, 15) is 4.79 Å². The van der Waals surface area contributed by atoms with E-state index < -0.39 is 0 Å². The van der Waals surface area contributed by atoms with E-state index in [0.717, 1.165) is 26.1 Å². The monoisotopic (exact) mass is 154 g/mol. The van der Waals surface area contributed by atoms with Gasteiger partial charge in [-0.2, -0.15) is 0 Å². The Morgan fingerprint density at radius 2 is 2.45 bits per heavy atom. The molecule has 11 heavy (non-hydrogen) atoms. The number of likely N-dealkylation sites (tertiary alicyclic amines) is 1. The lowest BCUT2D eigenvalue weighted by molar-refractivity contribution is -0.144. The number of nitrogens with one attached hydrogen (secondary N) is 1. The second-order valence-electron chi connectivity index (χ2n) is 3.80. The van der Waals surface area contributed by atoms with E-state index in [1.54, 1.807) is 0 Å². The first kappa shape index (κ1) is 7.10. The molecule has 0 aromatic rings. The number of piperidine rings is 1. The molecular weight excluding hydrogens is 140 g/mol. The van der Waals surface area contributed by atoms with Gasteiger partial charge >= 0.3 is 0 Å². The number of β-lactam (4-membered cyclic amide) rings is 1. The van der Waals surface area contributed by atoms with Gasteiger partial charge in [0.1, 0.15) is 0 Å². The van der Waals surface area contributed by atoms with E-state index in [1.807, 2.05) is 0 Å². The molecule has 1 unspecified atom stereocenters. The van der Waals surface area contributed by atoms with E-state index in [2.05, 4.69) is 17.3 Å². The Morgan fingerprint density at radius 1 is 1.64 bits per heavy atom. The molecule has 0 radical (unpaired) electrons. The number of hydrogen-bond acceptors (Lipinski definition) is 2. The zero-order valence-electron chi connectivity index (χ0n) is 6.89. The van der Waals surface area contributed by atoms with E-state index >= 15 is 0 Å². The summed E-state index contributed by atoms with van der Waals surface area (Å²) in [5.41, 5.74) is 0.00694. The smallest absolute Gasteiger partial charge is 0.229 e. The highest BCUT2D eigenvalue weighted by Crippen LogP contribution is 2.33. The molecular formula is C8H14N2O. The van der Waals surface area contributed by atoms with Crippen molar-refractivity contribution in [2.75, 3.05) is 26.7 Å². The van der Waals surface area contributed by atoms with E-state index in [0.29, 0.717) is 0 Å². The minimum atomic E-state index is 0.00694. The van der Waals surface area contributed by atoms with Crippen LogP contribution in [-0.4, -0.2) is 37.5 Å². The predicted molar refractivity (Wildman–Crippen MR) is 42.2 cm³/mol. The lowest BCUT2D eigenvalue weighted by atomic mass is 9.74. The van der Waals surface area contributed by atoms with Crippen molar-refractivity contribution in [3.63, 3.8) is 0 Å². The van der Waals surface area contributed by atoms with Crippen molar-refractivity contribution >= 4 is 5.91 Å². The molecule has 0 aromatic heterocycles. The van der Waals surface area contributed by atoms with Crippen molar-refractivity contribution in [1.29, 1.82) is 0 Å². The van der Waals surface area contributed by atoms with Gasteiger partial charge in [0.05, 0.1) is 5.41 Å². The lowest BCUT2D eigenvalue weighted by Gasteiger charge is -2.46. The van der Waals surface area contributed by atoms with Crippen LogP contribution in [0.25, 0.3) is 0 Å². The zero-order chi connectivity index (χ0) is 7.90. The standard InChI is InChI=1S/C8H14N2O/c1-10-4-2-3-8(6-10)5-9-7(8)11/h2-6H2,1H3,(H,9,11). The summed E-state index contributed by atoms with van der Waals surface area (Å²) in [4.78, 5) is 13.5. The van der Waals surface area contributed by atoms with Crippen LogP contribution >= 0.6 is 0 Å². The molecule has 1 amide bonds. The average molecular weight is 154 g/mol. The molecule has 3 nitrogen and oxygen atoms in total. The van der Waals surface area contributed by atoms with Crippen molar-refractivity contribution in [1.82, 2.24) is 10.2 Å². The summed E-state index contributed by atoms with van der Waals surface area (Å²) in [6.07, 6.45) is 2.26. The Morgan fingerprint density at radius 3 is 2.82 bits per heavy atom. The fourth-order valence-electron chi connectivity index (χ4n) is 2.10. The summed E-state index contributed by atoms with van der Waals surface area (Å²) in [6, 6.07) is 0. The van der Waals surface area contributed by atoms with Crippen molar-refractivity contribution in [2.45, 2.75) is 12.8 Å². The fourth-order valence-corrected chi connectivity index (χ4v) is 2.10. The van der Waals surface area contributed by atoms with Gasteiger partial charge < -0.3 is 10.2 Å². The van der Waals surface area contributed by atoms with Crippen LogP contribution < -0.4 is 5.32 Å². The largest absolute Gasteiger partial charge is 0.354 e. The highest BCUT2D eigenvalue weighted by molar-refractivity contribution is 5.89. The maximum absolute atomic E-state index is 11.2. The summed E-state index contributed by atoms with van der Waals surface area (Å²) >= 11 is 0. The van der Waals surface area contributed by atoms with Crippen LogP contribution in [0.15, 0.2) is 0 Å². The molecule has 1 spiro atoms. The first-order valence-corrected chi connectivity index (χ1v) is 4.20. The van der Waals surface area contributed by atoms with Crippen LogP contribution in [0, 0.1) is 5.41 Å². The molecule has 2 aliphatic heterocycles. The quantitative estimate of drug-likeness (QED) is 0.491. The van der Waals surface area contributed by atoms with Gasteiger partial charge in [-0.15, -0.1) is 0 Å². The number of amides is 1. The van der Waals surface area contributed by atoms with Crippen molar-refractivity contribution < 1.29 is 4.79 Å². The zero-order valence-corrected chi connectivity index (χ0v) is 6.89. The molecule has 2 aliphatic rings. The van der Waals surface area contributed by atoms with E-state index in [4.69, 9.17) is 0 Å². The number of hydrogen-bond donors (Lipinski definition) is 1. The first-order chi connectivity index (χ1) is 5.23. The Kier molecular flexibility index (Phi) is 1.42. The number of carbonyl (C=O) groups is 1. The number of rotatable bonds is 0. The van der Waals surface area contributed by atoms with Crippen LogP contribution in [0.1, 0.15) is 12.8 Å². The van der Waals surface area contributed by atoms with Crippen LogP contribution in [0.2, 0.25) is 0 Å². The fraction of sp³-hybridized carbons (Fsp3) is 0.875. The molecule has 2 rings (SSSR count). The van der Waals surface area contributed by atoms with E-state index in [1.165, 1.54) is 6.42 Å². The predicted octanol–water partition coefficient (Wildman–Crippen LogP) is -0.172. The van der Waals surface area contributed by atoms with Gasteiger partial charge in [-0.1, -0.05) is 0 Å². The maximum atomic E-state index is 11.2. The molecule has 2 heterocycles. The molecule has 62 valence electrons. The van der Waals surface area contributed by atoms with E-state index in [-0.39, 0.29) is 11.3 Å². The molecule has 0 aromatic carbocycles. The highest BCUT2D eigenvalue weighted by atomic mass is 16.2. The SMILES string of the molecule is CN1CCCC2(CNC2=O)C1. The molecule has 2 fully saturated rings. The van der Waals surface area contributed by atoms with Gasteiger partial charge in [0.2, 0.25) is 5.91 Å². The summed E-state index contributed by atoms with van der Waals surface area (Å²) in [5, 5.41) is 2.82. The molecule has 3 heteroatoms. The minimum Gasteiger partial charge on any atom is -0.354 e. The normalized spacial score (nSPS) is 38.5. The summed E-state index contributed by atoms with van der Waals surface area (Å²) < 4.78 is 0. The van der Waals surface area contributed by atoms with Gasteiger partial charge in [-0.05, 0) is 26.4 Å². The Labute approximate surface area is 66.8 Å². The molecule has 0 aliphatic carbocycles. The second-order valence-corrected chi connectivity index (χ2v) is 3.80. The summed E-state index contributed by atoms with van der Waals surface area (Å²) in [6.45, 7) is 3.00. The Bertz CT molecular complexity index is 193. The Balaban J connectivity index is 2.07. The average Bonchev–Trinajstić information content (AvgIpc) is 2.02. The molecule has 1 N–H and O–H groups in total. The minimum absolute atomic E-state index is 0.00694. The molecule has 2 saturated heterocycles. The van der Waals surface area contributed by atoms with Gasteiger partial charge in [0.15, 0.2) is 0 Å². The van der Waals surface area contributed by atoms with Crippen LogP contribution in [0.5, 0.6) is 0 Å². The third-order valence-electron chi connectivity index (χ3n) is 2.84. The second kappa shape index (κ2) is 2.21. The molecule has 0 bridgehead atoms. The third kappa shape index (κ3) is 0.948. The topological polar surface area (TPSA) is 32.3 Å². The number of carbonyl (C=O) groups excluding carboxylic acids is 1. The Hall–Kier alpha value is -0.570. The lowest BCUT2D eigenvalue weighted by Crippen LogP contribution is -2.64. The van der Waals surface area contributed by atoms with Gasteiger partial charge in [-0.3, -0.25) is 4.79 Å².